The normalized spacial score (nSPS) is 15.7. The van der Waals surface area contributed by atoms with Crippen LogP contribution in [-0.2, 0) is 4.79 Å². The average Bonchev–Trinajstić information content (AvgIpc) is 3.22. The van der Waals surface area contributed by atoms with Crippen LogP contribution in [0.4, 0.5) is 14.7 Å². The van der Waals surface area contributed by atoms with Crippen LogP contribution in [0.15, 0.2) is 18.2 Å². The first-order chi connectivity index (χ1) is 12.1. The first-order valence-corrected chi connectivity index (χ1v) is 9.64. The van der Waals surface area contributed by atoms with Gasteiger partial charge in [0, 0.05) is 19.0 Å². The summed E-state index contributed by atoms with van der Waals surface area (Å²) < 4.78 is 14.7. The number of piperidine rings is 1. The van der Waals surface area contributed by atoms with E-state index in [1.807, 2.05) is 13.0 Å². The molecule has 0 spiro atoms. The standard InChI is InChI=1S/C16H16FN5OS2/c1-9-20-21-15(24-9)19-14(23)10-5-7-22(8-6-10)16-18-13-11(17)3-2-4-12(13)25-16/h2-4,10H,5-8H2,1H3,(H,19,21,23). The minimum Gasteiger partial charge on any atom is -0.348 e. The Hall–Kier alpha value is -2.13. The maximum absolute atomic E-state index is 13.8. The number of carbonyl (C=O) groups excluding carboxylic acids is 1. The molecule has 1 fully saturated rings. The van der Waals surface area contributed by atoms with E-state index in [2.05, 4.69) is 25.4 Å². The number of nitrogens with zero attached hydrogens (tertiary/aromatic N) is 4. The van der Waals surface area contributed by atoms with Gasteiger partial charge in [0.05, 0.1) is 4.70 Å². The van der Waals surface area contributed by atoms with Crippen LogP contribution in [0.1, 0.15) is 17.8 Å². The fourth-order valence-corrected chi connectivity index (χ4v) is 4.55. The van der Waals surface area contributed by atoms with Gasteiger partial charge in [-0.15, -0.1) is 10.2 Å². The number of aryl methyl sites for hydroxylation is 1. The Labute approximate surface area is 151 Å². The van der Waals surface area contributed by atoms with Crippen molar-refractivity contribution >= 4 is 49.1 Å². The minimum atomic E-state index is -0.290. The molecule has 1 saturated heterocycles. The Balaban J connectivity index is 1.40. The molecule has 1 aliphatic rings. The van der Waals surface area contributed by atoms with Gasteiger partial charge in [-0.1, -0.05) is 28.7 Å². The second-order valence-electron chi connectivity index (χ2n) is 5.96. The predicted molar refractivity (Wildman–Crippen MR) is 97.8 cm³/mol. The van der Waals surface area contributed by atoms with Crippen molar-refractivity contribution in [2.45, 2.75) is 19.8 Å². The summed E-state index contributed by atoms with van der Waals surface area (Å²) in [6.07, 6.45) is 1.48. The number of hydrogen-bond donors (Lipinski definition) is 1. The van der Waals surface area contributed by atoms with Crippen molar-refractivity contribution in [2.24, 2.45) is 5.92 Å². The average molecular weight is 377 g/mol. The van der Waals surface area contributed by atoms with Crippen molar-refractivity contribution in [3.05, 3.63) is 29.0 Å². The molecular weight excluding hydrogens is 361 g/mol. The Bertz CT molecular complexity index is 916. The van der Waals surface area contributed by atoms with E-state index in [4.69, 9.17) is 0 Å². The molecule has 6 nitrogen and oxygen atoms in total. The number of para-hydroxylation sites is 1. The summed E-state index contributed by atoms with van der Waals surface area (Å²) in [4.78, 5) is 18.9. The smallest absolute Gasteiger partial charge is 0.229 e. The van der Waals surface area contributed by atoms with Crippen LogP contribution < -0.4 is 10.2 Å². The molecule has 3 aromatic rings. The highest BCUT2D eigenvalue weighted by atomic mass is 32.1. The molecule has 3 heterocycles. The van der Waals surface area contributed by atoms with Crippen molar-refractivity contribution in [1.82, 2.24) is 15.2 Å². The molecule has 0 aliphatic carbocycles. The molecule has 0 radical (unpaired) electrons. The molecule has 9 heteroatoms. The van der Waals surface area contributed by atoms with E-state index in [1.165, 1.54) is 28.7 Å². The second-order valence-corrected chi connectivity index (χ2v) is 8.15. The molecule has 0 bridgehead atoms. The van der Waals surface area contributed by atoms with Crippen LogP contribution in [0.25, 0.3) is 10.2 Å². The van der Waals surface area contributed by atoms with Crippen LogP contribution in [0, 0.1) is 18.7 Å². The van der Waals surface area contributed by atoms with Crippen LogP contribution in [0.3, 0.4) is 0 Å². The van der Waals surface area contributed by atoms with Gasteiger partial charge >= 0.3 is 0 Å². The third kappa shape index (κ3) is 3.34. The molecule has 1 aliphatic heterocycles. The number of benzene rings is 1. The lowest BCUT2D eigenvalue weighted by atomic mass is 9.96. The minimum absolute atomic E-state index is 0.00820. The lowest BCUT2D eigenvalue weighted by Crippen LogP contribution is -2.38. The summed E-state index contributed by atoms with van der Waals surface area (Å²) in [7, 11) is 0. The van der Waals surface area contributed by atoms with Crippen molar-refractivity contribution in [3.63, 3.8) is 0 Å². The van der Waals surface area contributed by atoms with E-state index < -0.39 is 0 Å². The van der Waals surface area contributed by atoms with Crippen LogP contribution in [0.2, 0.25) is 0 Å². The maximum Gasteiger partial charge on any atom is 0.229 e. The molecule has 1 aromatic carbocycles. The summed E-state index contributed by atoms with van der Waals surface area (Å²) in [6, 6.07) is 5.01. The summed E-state index contributed by atoms with van der Waals surface area (Å²) in [6.45, 7) is 3.32. The molecule has 4 rings (SSSR count). The second kappa shape index (κ2) is 6.64. The van der Waals surface area contributed by atoms with Gasteiger partial charge in [0.15, 0.2) is 5.13 Å². The van der Waals surface area contributed by atoms with E-state index in [-0.39, 0.29) is 17.6 Å². The molecule has 130 valence electrons. The predicted octanol–water partition coefficient (Wildman–Crippen LogP) is 3.45. The number of amides is 1. The van der Waals surface area contributed by atoms with Crippen molar-refractivity contribution in [2.75, 3.05) is 23.3 Å². The summed E-state index contributed by atoms with van der Waals surface area (Å²) in [5.74, 6) is -0.348. The molecule has 1 N–H and O–H groups in total. The van der Waals surface area contributed by atoms with Crippen LogP contribution in [-0.4, -0.2) is 34.2 Å². The molecule has 0 unspecified atom stereocenters. The van der Waals surface area contributed by atoms with Gasteiger partial charge in [-0.2, -0.15) is 0 Å². The largest absolute Gasteiger partial charge is 0.348 e. The Morgan fingerprint density at radius 1 is 1.28 bits per heavy atom. The van der Waals surface area contributed by atoms with Gasteiger partial charge in [-0.05, 0) is 31.9 Å². The van der Waals surface area contributed by atoms with E-state index in [1.54, 1.807) is 6.07 Å². The van der Waals surface area contributed by atoms with E-state index in [0.29, 0.717) is 10.6 Å². The number of nitrogens with one attached hydrogen (secondary N) is 1. The molecule has 1 amide bonds. The molecular formula is C16H16FN5OS2. The molecule has 25 heavy (non-hydrogen) atoms. The lowest BCUT2D eigenvalue weighted by Gasteiger charge is -2.30. The zero-order chi connectivity index (χ0) is 17.4. The SMILES string of the molecule is Cc1nnc(NC(=O)C2CCN(c3nc4c(F)cccc4s3)CC2)s1. The number of rotatable bonds is 3. The van der Waals surface area contributed by atoms with Gasteiger partial charge in [0.2, 0.25) is 11.0 Å². The molecule has 0 atom stereocenters. The third-order valence-electron chi connectivity index (χ3n) is 4.25. The Morgan fingerprint density at radius 2 is 2.08 bits per heavy atom. The number of halogens is 1. The quantitative estimate of drug-likeness (QED) is 0.757. The number of anilines is 2. The van der Waals surface area contributed by atoms with Crippen LogP contribution in [0.5, 0.6) is 0 Å². The molecule has 0 saturated carbocycles. The van der Waals surface area contributed by atoms with Crippen molar-refractivity contribution in [3.8, 4) is 0 Å². The summed E-state index contributed by atoms with van der Waals surface area (Å²) in [5, 5.41) is 12.9. The fourth-order valence-electron chi connectivity index (χ4n) is 2.93. The van der Waals surface area contributed by atoms with Gasteiger partial charge < -0.3 is 10.2 Å². The third-order valence-corrected chi connectivity index (χ3v) is 6.09. The summed E-state index contributed by atoms with van der Waals surface area (Å²) >= 11 is 2.86. The maximum atomic E-state index is 13.8. The first kappa shape index (κ1) is 16.3. The van der Waals surface area contributed by atoms with Crippen LogP contribution >= 0.6 is 22.7 Å². The van der Waals surface area contributed by atoms with Gasteiger partial charge in [0.25, 0.3) is 0 Å². The number of hydrogen-bond acceptors (Lipinski definition) is 7. The Morgan fingerprint density at radius 3 is 2.76 bits per heavy atom. The topological polar surface area (TPSA) is 71.0 Å². The first-order valence-electron chi connectivity index (χ1n) is 8.01. The van der Waals surface area contributed by atoms with Crippen molar-refractivity contribution < 1.29 is 9.18 Å². The van der Waals surface area contributed by atoms with Gasteiger partial charge in [-0.25, -0.2) is 9.37 Å². The number of thiazole rings is 1. The van der Waals surface area contributed by atoms with Gasteiger partial charge in [0.1, 0.15) is 16.3 Å². The van der Waals surface area contributed by atoms with Crippen molar-refractivity contribution in [1.29, 1.82) is 0 Å². The highest BCUT2D eigenvalue weighted by Crippen LogP contribution is 2.32. The highest BCUT2D eigenvalue weighted by molar-refractivity contribution is 7.22. The highest BCUT2D eigenvalue weighted by Gasteiger charge is 2.27. The fraction of sp³-hybridized carbons (Fsp3) is 0.375. The monoisotopic (exact) mass is 377 g/mol. The van der Waals surface area contributed by atoms with Gasteiger partial charge in [-0.3, -0.25) is 4.79 Å². The van der Waals surface area contributed by atoms with E-state index in [9.17, 15) is 9.18 Å². The zero-order valence-electron chi connectivity index (χ0n) is 13.5. The number of carbonyl (C=O) groups is 1. The number of aromatic nitrogens is 3. The summed E-state index contributed by atoms with van der Waals surface area (Å²) in [5.41, 5.74) is 0.425. The lowest BCUT2D eigenvalue weighted by molar-refractivity contribution is -0.120. The molecule has 2 aromatic heterocycles. The van der Waals surface area contributed by atoms with E-state index in [0.717, 1.165) is 40.8 Å². The Kier molecular flexibility index (Phi) is 4.34. The zero-order valence-corrected chi connectivity index (χ0v) is 15.2. The van der Waals surface area contributed by atoms with E-state index >= 15 is 0 Å². The number of fused-ring (bicyclic) bond motifs is 1.